The van der Waals surface area contributed by atoms with E-state index in [4.69, 9.17) is 4.74 Å². The van der Waals surface area contributed by atoms with Crippen molar-refractivity contribution in [2.24, 2.45) is 0 Å². The molecule has 2 rings (SSSR count). The predicted molar refractivity (Wildman–Crippen MR) is 79.5 cm³/mol. The van der Waals surface area contributed by atoms with Crippen molar-refractivity contribution in [2.45, 2.75) is 32.9 Å². The van der Waals surface area contributed by atoms with Crippen molar-refractivity contribution in [3.05, 3.63) is 16.6 Å². The summed E-state index contributed by atoms with van der Waals surface area (Å²) in [5.74, 6) is 0. The van der Waals surface area contributed by atoms with Gasteiger partial charge in [0.1, 0.15) is 0 Å². The van der Waals surface area contributed by atoms with Gasteiger partial charge in [-0.25, -0.2) is 4.98 Å². The number of thiazole rings is 1. The van der Waals surface area contributed by atoms with Crippen LogP contribution in [0.2, 0.25) is 0 Å². The van der Waals surface area contributed by atoms with Crippen LogP contribution in [0.15, 0.2) is 10.9 Å². The summed E-state index contributed by atoms with van der Waals surface area (Å²) >= 11 is 1.68. The van der Waals surface area contributed by atoms with Gasteiger partial charge in [-0.1, -0.05) is 6.92 Å². The summed E-state index contributed by atoms with van der Waals surface area (Å²) in [6.07, 6.45) is 1.21. The van der Waals surface area contributed by atoms with Crippen LogP contribution in [-0.4, -0.2) is 60.2 Å². The maximum Gasteiger partial charge on any atom is 0.0795 e. The van der Waals surface area contributed by atoms with Crippen molar-refractivity contribution >= 4 is 11.3 Å². The third kappa shape index (κ3) is 4.53. The monoisotopic (exact) mass is 283 g/mol. The largest absolute Gasteiger partial charge is 0.380 e. The van der Waals surface area contributed by atoms with Crippen LogP contribution >= 0.6 is 11.3 Å². The van der Waals surface area contributed by atoms with Crippen LogP contribution in [-0.2, 0) is 11.3 Å². The minimum absolute atomic E-state index is 0.660. The molecule has 1 aliphatic rings. The molecule has 0 unspecified atom stereocenters. The van der Waals surface area contributed by atoms with E-state index < -0.39 is 0 Å². The Bertz CT molecular complexity index is 344. The molecule has 5 heteroatoms. The normalized spacial score (nSPS) is 21.9. The molecule has 0 radical (unpaired) electrons. The first-order valence-electron chi connectivity index (χ1n) is 7.24. The molecule has 2 heterocycles. The number of ether oxygens (including phenoxy) is 1. The summed E-state index contributed by atoms with van der Waals surface area (Å²) in [7, 11) is 0. The lowest BCUT2D eigenvalue weighted by Gasteiger charge is -2.41. The Hall–Kier alpha value is -0.490. The fourth-order valence-corrected chi connectivity index (χ4v) is 3.20. The third-order valence-corrected chi connectivity index (χ3v) is 4.39. The number of hydrogen-bond acceptors (Lipinski definition) is 5. The van der Waals surface area contributed by atoms with Gasteiger partial charge in [0, 0.05) is 50.8 Å². The molecule has 4 nitrogen and oxygen atoms in total. The molecule has 0 saturated carbocycles. The molecule has 0 amide bonds. The van der Waals surface area contributed by atoms with Crippen molar-refractivity contribution in [1.82, 2.24) is 14.8 Å². The zero-order chi connectivity index (χ0) is 13.5. The maximum atomic E-state index is 5.48. The summed E-state index contributed by atoms with van der Waals surface area (Å²) in [4.78, 5) is 9.49. The number of rotatable bonds is 7. The van der Waals surface area contributed by atoms with Gasteiger partial charge >= 0.3 is 0 Å². The van der Waals surface area contributed by atoms with Crippen molar-refractivity contribution in [3.8, 4) is 0 Å². The Morgan fingerprint density at radius 1 is 1.42 bits per heavy atom. The van der Waals surface area contributed by atoms with Gasteiger partial charge in [-0.2, -0.15) is 0 Å². The molecule has 19 heavy (non-hydrogen) atoms. The fourth-order valence-electron chi connectivity index (χ4n) is 2.65. The number of nitrogens with zero attached hydrogens (tertiary/aromatic N) is 3. The lowest BCUT2D eigenvalue weighted by molar-refractivity contribution is 0.0382. The van der Waals surface area contributed by atoms with Crippen LogP contribution in [0.5, 0.6) is 0 Å². The van der Waals surface area contributed by atoms with Gasteiger partial charge in [0.2, 0.25) is 0 Å². The van der Waals surface area contributed by atoms with Gasteiger partial charge in [0.05, 0.1) is 17.8 Å². The highest BCUT2D eigenvalue weighted by molar-refractivity contribution is 7.07. The molecule has 0 bridgehead atoms. The minimum Gasteiger partial charge on any atom is -0.380 e. The molecule has 1 aliphatic heterocycles. The van der Waals surface area contributed by atoms with Crippen LogP contribution in [0.25, 0.3) is 0 Å². The Morgan fingerprint density at radius 2 is 2.32 bits per heavy atom. The van der Waals surface area contributed by atoms with Gasteiger partial charge in [-0.3, -0.25) is 9.80 Å². The van der Waals surface area contributed by atoms with Crippen LogP contribution in [0.4, 0.5) is 0 Å². The van der Waals surface area contributed by atoms with E-state index in [1.54, 1.807) is 11.3 Å². The number of aromatic nitrogens is 1. The summed E-state index contributed by atoms with van der Waals surface area (Å²) in [5, 5.41) is 2.16. The topological polar surface area (TPSA) is 28.6 Å². The first-order valence-corrected chi connectivity index (χ1v) is 8.19. The first kappa shape index (κ1) is 14.9. The molecule has 1 saturated heterocycles. The molecular formula is C14H25N3OS. The van der Waals surface area contributed by atoms with E-state index in [0.717, 1.165) is 45.9 Å². The number of piperazine rings is 1. The Labute approximate surface area is 120 Å². The van der Waals surface area contributed by atoms with Crippen LogP contribution in [0.1, 0.15) is 26.0 Å². The van der Waals surface area contributed by atoms with Gasteiger partial charge < -0.3 is 4.74 Å². The standard InChI is InChI=1S/C14H25N3OS/c1-3-14-10-16(9-13-11-19-12-15-13)5-6-17(14)7-8-18-4-2/h11-12,14H,3-10H2,1-2H3/t14-/m0/s1. The molecule has 0 aliphatic carbocycles. The Kier molecular flexibility index (Phi) is 6.23. The molecule has 1 aromatic heterocycles. The lowest BCUT2D eigenvalue weighted by Crippen LogP contribution is -2.53. The summed E-state index contributed by atoms with van der Waals surface area (Å²) < 4.78 is 5.48. The first-order chi connectivity index (χ1) is 9.33. The highest BCUT2D eigenvalue weighted by atomic mass is 32.1. The smallest absolute Gasteiger partial charge is 0.0795 e. The van der Waals surface area contributed by atoms with E-state index in [1.165, 1.54) is 12.1 Å². The lowest BCUT2D eigenvalue weighted by atomic mass is 10.1. The zero-order valence-electron chi connectivity index (χ0n) is 12.0. The van der Waals surface area contributed by atoms with Gasteiger partial charge in [-0.05, 0) is 13.3 Å². The van der Waals surface area contributed by atoms with Crippen LogP contribution in [0.3, 0.4) is 0 Å². The van der Waals surface area contributed by atoms with Crippen molar-refractivity contribution < 1.29 is 4.74 Å². The summed E-state index contributed by atoms with van der Waals surface area (Å²) in [6, 6.07) is 0.660. The zero-order valence-corrected chi connectivity index (χ0v) is 12.9. The van der Waals surface area contributed by atoms with Crippen LogP contribution < -0.4 is 0 Å². The molecule has 108 valence electrons. The van der Waals surface area contributed by atoms with Crippen molar-refractivity contribution in [3.63, 3.8) is 0 Å². The second-order valence-electron chi connectivity index (χ2n) is 5.01. The van der Waals surface area contributed by atoms with Crippen molar-refractivity contribution in [1.29, 1.82) is 0 Å². The SMILES string of the molecule is CCOCCN1CCN(Cc2cscn2)C[C@@H]1CC. The molecule has 0 N–H and O–H groups in total. The average molecular weight is 283 g/mol. The van der Waals surface area contributed by atoms with Gasteiger partial charge in [0.15, 0.2) is 0 Å². The van der Waals surface area contributed by atoms with E-state index in [0.29, 0.717) is 6.04 Å². The highest BCUT2D eigenvalue weighted by Gasteiger charge is 2.25. The predicted octanol–water partition coefficient (Wildman–Crippen LogP) is 2.08. The second kappa shape index (κ2) is 7.94. The van der Waals surface area contributed by atoms with E-state index in [1.807, 2.05) is 5.51 Å². The quantitative estimate of drug-likeness (QED) is 0.716. The Balaban J connectivity index is 1.79. The molecule has 0 spiro atoms. The average Bonchev–Trinajstić information content (AvgIpc) is 2.93. The van der Waals surface area contributed by atoms with Gasteiger partial charge in [0.25, 0.3) is 0 Å². The molecule has 1 fully saturated rings. The van der Waals surface area contributed by atoms with E-state index in [2.05, 4.69) is 34.0 Å². The van der Waals surface area contributed by atoms with E-state index in [-0.39, 0.29) is 0 Å². The van der Waals surface area contributed by atoms with Gasteiger partial charge in [-0.15, -0.1) is 11.3 Å². The minimum atomic E-state index is 0.660. The second-order valence-corrected chi connectivity index (χ2v) is 5.73. The van der Waals surface area contributed by atoms with E-state index in [9.17, 15) is 0 Å². The molecule has 1 aromatic rings. The van der Waals surface area contributed by atoms with Crippen LogP contribution in [0, 0.1) is 0 Å². The molecule has 0 aromatic carbocycles. The molecular weight excluding hydrogens is 258 g/mol. The Morgan fingerprint density at radius 3 is 3.00 bits per heavy atom. The van der Waals surface area contributed by atoms with E-state index >= 15 is 0 Å². The summed E-state index contributed by atoms with van der Waals surface area (Å²) in [5.41, 5.74) is 3.13. The maximum absolute atomic E-state index is 5.48. The fraction of sp³-hybridized carbons (Fsp3) is 0.786. The highest BCUT2D eigenvalue weighted by Crippen LogP contribution is 2.15. The molecule has 1 atom stereocenters. The summed E-state index contributed by atoms with van der Waals surface area (Å²) in [6.45, 7) is 11.5. The van der Waals surface area contributed by atoms with Crippen molar-refractivity contribution in [2.75, 3.05) is 39.4 Å². The third-order valence-electron chi connectivity index (χ3n) is 3.76. The number of hydrogen-bond donors (Lipinski definition) is 0.